The zero-order chi connectivity index (χ0) is 22.7. The quantitative estimate of drug-likeness (QED) is 0.402. The van der Waals surface area contributed by atoms with E-state index in [1.807, 2.05) is 37.3 Å². The highest BCUT2D eigenvalue weighted by Gasteiger charge is 2.38. The van der Waals surface area contributed by atoms with Crippen LogP contribution in [0.2, 0.25) is 0 Å². The van der Waals surface area contributed by atoms with Crippen LogP contribution in [0.1, 0.15) is 11.1 Å². The van der Waals surface area contributed by atoms with E-state index in [4.69, 9.17) is 14.3 Å². The van der Waals surface area contributed by atoms with Gasteiger partial charge in [-0.05, 0) is 65.3 Å². The van der Waals surface area contributed by atoms with Gasteiger partial charge in [0.25, 0.3) is 10.0 Å². The molecule has 7 nitrogen and oxygen atoms in total. The number of fused-ring (bicyclic) bond motifs is 1. The van der Waals surface area contributed by atoms with Crippen molar-refractivity contribution >= 4 is 31.6 Å². The first-order chi connectivity index (χ1) is 15.4. The fourth-order valence-electron chi connectivity index (χ4n) is 3.35. The van der Waals surface area contributed by atoms with Crippen molar-refractivity contribution in [1.29, 1.82) is 0 Å². The molecule has 3 aromatic carbocycles. The summed E-state index contributed by atoms with van der Waals surface area (Å²) in [6.07, 6.45) is 0. The molecule has 0 atom stereocenters. The van der Waals surface area contributed by atoms with E-state index in [1.165, 1.54) is 9.59 Å². The molecule has 0 N–H and O–H groups in total. The van der Waals surface area contributed by atoms with Gasteiger partial charge in [-0.3, -0.25) is 4.84 Å². The first-order valence-corrected chi connectivity index (χ1v) is 12.2. The molecule has 1 aliphatic rings. The van der Waals surface area contributed by atoms with Gasteiger partial charge < -0.3 is 9.47 Å². The molecular weight excluding hydrogens is 496 g/mol. The summed E-state index contributed by atoms with van der Waals surface area (Å²) in [5, 5.41) is 1.35. The molecule has 0 saturated carbocycles. The monoisotopic (exact) mass is 518 g/mol. The average Bonchev–Trinajstić information content (AvgIpc) is 3.16. The van der Waals surface area contributed by atoms with E-state index in [2.05, 4.69) is 15.9 Å². The van der Waals surface area contributed by atoms with Crippen LogP contribution in [0.4, 0.5) is 5.69 Å². The molecular formula is C23H23BrN2O5S. The number of hydrazine groups is 1. The maximum absolute atomic E-state index is 13.5. The number of hydrogen-bond acceptors (Lipinski definition) is 6. The molecule has 0 aromatic heterocycles. The Morgan fingerprint density at radius 2 is 1.75 bits per heavy atom. The van der Waals surface area contributed by atoms with Crippen LogP contribution in [-0.4, -0.2) is 33.9 Å². The van der Waals surface area contributed by atoms with E-state index in [1.54, 1.807) is 43.5 Å². The predicted molar refractivity (Wildman–Crippen MR) is 125 cm³/mol. The number of rotatable bonds is 8. The molecule has 0 amide bonds. The highest BCUT2D eigenvalue weighted by molar-refractivity contribution is 9.10. The van der Waals surface area contributed by atoms with Crippen molar-refractivity contribution in [3.63, 3.8) is 0 Å². The zero-order valence-corrected chi connectivity index (χ0v) is 20.1. The first-order valence-electron chi connectivity index (χ1n) is 9.97. The molecule has 0 bridgehead atoms. The number of hydroxylamine groups is 1. The molecule has 0 radical (unpaired) electrons. The van der Waals surface area contributed by atoms with Crippen molar-refractivity contribution in [2.24, 2.45) is 0 Å². The maximum atomic E-state index is 13.5. The van der Waals surface area contributed by atoms with E-state index in [-0.39, 0.29) is 24.7 Å². The van der Waals surface area contributed by atoms with Gasteiger partial charge in [-0.15, -0.1) is 0 Å². The Hall–Kier alpha value is -2.59. The SMILES string of the molecule is COc1ccc2c(c1)CN(OCCOc1ccccc1Br)N2S(=O)(=O)c1ccc(C)cc1. The number of methoxy groups -OCH3 is 1. The molecule has 0 spiro atoms. The van der Waals surface area contributed by atoms with Crippen molar-refractivity contribution < 1.29 is 22.7 Å². The smallest absolute Gasteiger partial charge is 0.279 e. The summed E-state index contributed by atoms with van der Waals surface area (Å²) < 4.78 is 40.1. The molecule has 32 heavy (non-hydrogen) atoms. The zero-order valence-electron chi connectivity index (χ0n) is 17.7. The molecule has 4 rings (SSSR count). The second kappa shape index (κ2) is 9.50. The Labute approximate surface area is 196 Å². The van der Waals surface area contributed by atoms with Crippen LogP contribution in [0.25, 0.3) is 0 Å². The molecule has 0 fully saturated rings. The summed E-state index contributed by atoms with van der Waals surface area (Å²) in [4.78, 5) is 6.05. The Kier molecular flexibility index (Phi) is 6.71. The standard InChI is InChI=1S/C23H23BrN2O5S/c1-17-7-10-20(11-8-17)32(27,28)26-22-12-9-19(29-2)15-18(22)16-25(26)31-14-13-30-23-6-4-3-5-21(23)24/h3-12,15H,13-14,16H2,1-2H3. The molecule has 0 saturated heterocycles. The third kappa shape index (κ3) is 4.61. The summed E-state index contributed by atoms with van der Waals surface area (Å²) in [5.41, 5.74) is 2.29. The number of anilines is 1. The largest absolute Gasteiger partial charge is 0.497 e. The number of benzene rings is 3. The van der Waals surface area contributed by atoms with Crippen LogP contribution in [0.5, 0.6) is 11.5 Å². The second-order valence-electron chi connectivity index (χ2n) is 7.18. The lowest BCUT2D eigenvalue weighted by molar-refractivity contribution is -0.161. The van der Waals surface area contributed by atoms with Crippen molar-refractivity contribution in [2.45, 2.75) is 18.4 Å². The van der Waals surface area contributed by atoms with E-state index in [9.17, 15) is 8.42 Å². The fraction of sp³-hybridized carbons (Fsp3) is 0.217. The molecule has 0 aliphatic carbocycles. The highest BCUT2D eigenvalue weighted by atomic mass is 79.9. The Balaban J connectivity index is 1.56. The second-order valence-corrected chi connectivity index (χ2v) is 9.80. The summed E-state index contributed by atoms with van der Waals surface area (Å²) in [7, 11) is -2.31. The molecule has 168 valence electrons. The first kappa shape index (κ1) is 22.6. The van der Waals surface area contributed by atoms with Crippen LogP contribution in [-0.2, 0) is 21.4 Å². The minimum absolute atomic E-state index is 0.159. The van der Waals surface area contributed by atoms with Gasteiger partial charge in [-0.1, -0.05) is 35.0 Å². The van der Waals surface area contributed by atoms with Crippen molar-refractivity contribution in [3.8, 4) is 11.5 Å². The molecule has 9 heteroatoms. The number of ether oxygens (including phenoxy) is 2. The minimum Gasteiger partial charge on any atom is -0.497 e. The van der Waals surface area contributed by atoms with E-state index >= 15 is 0 Å². The van der Waals surface area contributed by atoms with Gasteiger partial charge in [-0.25, -0.2) is 0 Å². The number of sulfonamides is 1. The number of halogens is 1. The number of aryl methyl sites for hydroxylation is 1. The molecule has 0 unspecified atom stereocenters. The van der Waals surface area contributed by atoms with E-state index in [0.29, 0.717) is 17.2 Å². The number of hydrogen-bond donors (Lipinski definition) is 0. The summed E-state index contributed by atoms with van der Waals surface area (Å²) in [5.74, 6) is 1.34. The van der Waals surface area contributed by atoms with Gasteiger partial charge in [0.1, 0.15) is 24.7 Å². The van der Waals surface area contributed by atoms with Gasteiger partial charge in [0.05, 0.1) is 28.7 Å². The highest BCUT2D eigenvalue weighted by Crippen LogP contribution is 2.38. The van der Waals surface area contributed by atoms with Gasteiger partial charge in [0.2, 0.25) is 0 Å². The summed E-state index contributed by atoms with van der Waals surface area (Å²) >= 11 is 3.44. The van der Waals surface area contributed by atoms with Crippen LogP contribution in [0.15, 0.2) is 76.1 Å². The third-order valence-corrected chi connectivity index (χ3v) is 7.32. The minimum atomic E-state index is -3.89. The Bertz CT molecular complexity index is 1200. The van der Waals surface area contributed by atoms with Crippen molar-refractivity contribution in [3.05, 3.63) is 82.3 Å². The van der Waals surface area contributed by atoms with Crippen LogP contribution >= 0.6 is 15.9 Å². The third-order valence-electron chi connectivity index (χ3n) is 4.97. The van der Waals surface area contributed by atoms with E-state index < -0.39 is 10.0 Å². The molecule has 1 aliphatic heterocycles. The fourth-order valence-corrected chi connectivity index (χ4v) is 5.21. The lowest BCUT2D eigenvalue weighted by atomic mass is 10.2. The van der Waals surface area contributed by atoms with Gasteiger partial charge in [-0.2, -0.15) is 12.8 Å². The van der Waals surface area contributed by atoms with Crippen molar-refractivity contribution in [2.75, 3.05) is 24.7 Å². The Morgan fingerprint density at radius 1 is 1.00 bits per heavy atom. The Morgan fingerprint density at radius 3 is 2.47 bits per heavy atom. The van der Waals surface area contributed by atoms with Gasteiger partial charge in [0.15, 0.2) is 0 Å². The van der Waals surface area contributed by atoms with Crippen LogP contribution in [0, 0.1) is 6.92 Å². The predicted octanol–water partition coefficient (Wildman–Crippen LogP) is 4.70. The lowest BCUT2D eigenvalue weighted by Gasteiger charge is -2.28. The average molecular weight is 519 g/mol. The normalized spacial score (nSPS) is 13.8. The molecule has 1 heterocycles. The van der Waals surface area contributed by atoms with Gasteiger partial charge in [0, 0.05) is 5.56 Å². The summed E-state index contributed by atoms with van der Waals surface area (Å²) in [6, 6.07) is 19.5. The van der Waals surface area contributed by atoms with E-state index in [0.717, 1.165) is 15.6 Å². The van der Waals surface area contributed by atoms with Gasteiger partial charge >= 0.3 is 0 Å². The topological polar surface area (TPSA) is 68.3 Å². The van der Waals surface area contributed by atoms with Crippen molar-refractivity contribution in [1.82, 2.24) is 5.17 Å². The maximum Gasteiger partial charge on any atom is 0.279 e. The van der Waals surface area contributed by atoms with Crippen LogP contribution in [0.3, 0.4) is 0 Å². The summed E-state index contributed by atoms with van der Waals surface area (Å²) in [6.45, 7) is 2.57. The lowest BCUT2D eigenvalue weighted by Crippen LogP contribution is -2.42. The number of para-hydroxylation sites is 1. The number of nitrogens with zero attached hydrogens (tertiary/aromatic N) is 2. The molecule has 3 aromatic rings. The van der Waals surface area contributed by atoms with Crippen LogP contribution < -0.4 is 13.9 Å².